The predicted octanol–water partition coefficient (Wildman–Crippen LogP) is -2.31. The van der Waals surface area contributed by atoms with Gasteiger partial charge in [0.2, 0.25) is 17.7 Å². The summed E-state index contributed by atoms with van der Waals surface area (Å²) in [5.41, 5.74) is 16.3. The molecule has 1 aromatic rings. The lowest BCUT2D eigenvalue weighted by Crippen LogP contribution is -2.45. The fourth-order valence-corrected chi connectivity index (χ4v) is 3.68. The summed E-state index contributed by atoms with van der Waals surface area (Å²) in [5, 5.41) is 14.9. The summed E-state index contributed by atoms with van der Waals surface area (Å²) in [6, 6.07) is 1.54. The molecule has 182 valence electrons. The molecule has 0 saturated heterocycles. The molecule has 1 heterocycles. The van der Waals surface area contributed by atoms with E-state index in [0.717, 1.165) is 6.07 Å². The van der Waals surface area contributed by atoms with Gasteiger partial charge in [-0.3, -0.25) is 14.4 Å². The first-order chi connectivity index (χ1) is 15.5. The molecule has 0 fully saturated rings. The van der Waals surface area contributed by atoms with Crippen LogP contribution >= 0.6 is 0 Å². The van der Waals surface area contributed by atoms with E-state index >= 15 is 0 Å². The van der Waals surface area contributed by atoms with Crippen LogP contribution in [0.2, 0.25) is 0 Å². The van der Waals surface area contributed by atoms with Crippen LogP contribution in [0.15, 0.2) is 12.1 Å². The van der Waals surface area contributed by atoms with E-state index in [9.17, 15) is 23.8 Å². The number of nitrogens with two attached hydrogens (primary N) is 3. The third kappa shape index (κ3) is 6.95. The predicted molar refractivity (Wildman–Crippen MR) is 122 cm³/mol. The molecule has 33 heavy (non-hydrogen) atoms. The standard InChI is InChI=1S/C20H32BFN6O5/c1-20(2)18-13(21(32)33-20)9-12(10-14(18)22)27-16(29)11-26-19(31)15(25)3-4-17(30)28(7-5-23)8-6-24/h9-10,15,32H,3-8,11,23-25H2,1-2H3,(H,26,31)(H,27,29). The molecule has 0 bridgehead atoms. The van der Waals surface area contributed by atoms with Crippen LogP contribution in [-0.4, -0.2) is 73.5 Å². The highest BCUT2D eigenvalue weighted by Gasteiger charge is 2.43. The van der Waals surface area contributed by atoms with Crippen LogP contribution in [0.3, 0.4) is 0 Å². The fraction of sp³-hybridized carbons (Fsp3) is 0.550. The molecule has 1 unspecified atom stereocenters. The lowest BCUT2D eigenvalue weighted by Gasteiger charge is -2.22. The molecule has 3 amide bonds. The average molecular weight is 466 g/mol. The minimum Gasteiger partial charge on any atom is -0.423 e. The third-order valence-corrected chi connectivity index (χ3v) is 5.26. The quantitative estimate of drug-likeness (QED) is 0.196. The van der Waals surface area contributed by atoms with Crippen molar-refractivity contribution in [2.45, 2.75) is 38.3 Å². The maximum atomic E-state index is 14.5. The number of halogens is 1. The second kappa shape index (κ2) is 11.5. The minimum absolute atomic E-state index is 0.0376. The number of nitrogens with zero attached hydrogens (tertiary/aromatic N) is 1. The number of amides is 3. The SMILES string of the molecule is CC1(C)OB(O)c2cc(NC(=O)CNC(=O)C(N)CCC(=O)N(CCN)CCN)cc(F)c21. The van der Waals surface area contributed by atoms with Crippen molar-refractivity contribution >= 4 is 36.0 Å². The number of carbonyl (C=O) groups is 3. The molecular weight excluding hydrogens is 434 g/mol. The van der Waals surface area contributed by atoms with Crippen molar-refractivity contribution in [3.63, 3.8) is 0 Å². The first-order valence-corrected chi connectivity index (χ1v) is 10.7. The van der Waals surface area contributed by atoms with Gasteiger partial charge in [-0.2, -0.15) is 0 Å². The summed E-state index contributed by atoms with van der Waals surface area (Å²) in [5.74, 6) is -2.05. The van der Waals surface area contributed by atoms with Gasteiger partial charge in [-0.05, 0) is 37.9 Å². The Morgan fingerprint density at radius 2 is 1.88 bits per heavy atom. The van der Waals surface area contributed by atoms with Gasteiger partial charge >= 0.3 is 7.12 Å². The normalized spacial score (nSPS) is 15.1. The highest BCUT2D eigenvalue weighted by atomic mass is 19.1. The molecule has 1 atom stereocenters. The summed E-state index contributed by atoms with van der Waals surface area (Å²) >= 11 is 0. The second-order valence-electron chi connectivity index (χ2n) is 8.27. The van der Waals surface area contributed by atoms with E-state index in [1.165, 1.54) is 11.0 Å². The van der Waals surface area contributed by atoms with Crippen LogP contribution in [0, 0.1) is 5.82 Å². The van der Waals surface area contributed by atoms with E-state index in [4.69, 9.17) is 21.9 Å². The summed E-state index contributed by atoms with van der Waals surface area (Å²) in [6.07, 6.45) is 0.123. The van der Waals surface area contributed by atoms with Crippen LogP contribution in [0.1, 0.15) is 32.3 Å². The third-order valence-electron chi connectivity index (χ3n) is 5.26. The molecule has 9 N–H and O–H groups in total. The van der Waals surface area contributed by atoms with Crippen molar-refractivity contribution in [1.82, 2.24) is 10.2 Å². The maximum absolute atomic E-state index is 14.5. The Balaban J connectivity index is 1.85. The molecule has 0 aliphatic carbocycles. The van der Waals surface area contributed by atoms with Crippen molar-refractivity contribution < 1.29 is 28.5 Å². The van der Waals surface area contributed by atoms with Crippen LogP contribution in [-0.2, 0) is 24.6 Å². The topological polar surface area (TPSA) is 186 Å². The Morgan fingerprint density at radius 3 is 2.48 bits per heavy atom. The summed E-state index contributed by atoms with van der Waals surface area (Å²) in [6.45, 7) is 4.17. The van der Waals surface area contributed by atoms with Gasteiger partial charge in [0.1, 0.15) is 5.82 Å². The van der Waals surface area contributed by atoms with E-state index in [1.54, 1.807) is 13.8 Å². The molecule has 1 aliphatic rings. The van der Waals surface area contributed by atoms with Gasteiger partial charge in [0.15, 0.2) is 0 Å². The van der Waals surface area contributed by atoms with E-state index in [0.29, 0.717) is 26.2 Å². The molecule has 11 nitrogen and oxygen atoms in total. The van der Waals surface area contributed by atoms with Crippen molar-refractivity contribution in [2.24, 2.45) is 17.2 Å². The first kappa shape index (κ1) is 26.7. The smallest absolute Gasteiger partial charge is 0.423 e. The Labute approximate surface area is 192 Å². The van der Waals surface area contributed by atoms with Gasteiger partial charge in [-0.25, -0.2) is 4.39 Å². The first-order valence-electron chi connectivity index (χ1n) is 10.7. The summed E-state index contributed by atoms with van der Waals surface area (Å²) < 4.78 is 19.9. The molecule has 0 saturated carbocycles. The minimum atomic E-state index is -1.31. The highest BCUT2D eigenvalue weighted by Crippen LogP contribution is 2.33. The van der Waals surface area contributed by atoms with Gasteiger partial charge in [0.05, 0.1) is 18.2 Å². The highest BCUT2D eigenvalue weighted by molar-refractivity contribution is 6.62. The Kier molecular flexibility index (Phi) is 9.31. The zero-order valence-corrected chi connectivity index (χ0v) is 18.9. The Bertz CT molecular complexity index is 881. The summed E-state index contributed by atoms with van der Waals surface area (Å²) in [4.78, 5) is 38.1. The molecular formula is C20H32BFN6O5. The van der Waals surface area contributed by atoms with Crippen molar-refractivity contribution in [1.29, 1.82) is 0 Å². The monoisotopic (exact) mass is 466 g/mol. The lowest BCUT2D eigenvalue weighted by atomic mass is 9.78. The number of fused-ring (bicyclic) bond motifs is 1. The molecule has 0 aromatic heterocycles. The van der Waals surface area contributed by atoms with E-state index in [-0.39, 0.29) is 35.5 Å². The van der Waals surface area contributed by atoms with Gasteiger partial charge in [-0.1, -0.05) is 0 Å². The molecule has 0 spiro atoms. The Morgan fingerprint density at radius 1 is 1.24 bits per heavy atom. The molecule has 13 heteroatoms. The zero-order valence-electron chi connectivity index (χ0n) is 18.9. The number of carbonyl (C=O) groups excluding carboxylic acids is 3. The summed E-state index contributed by atoms with van der Waals surface area (Å²) in [7, 11) is -1.31. The van der Waals surface area contributed by atoms with Crippen LogP contribution in [0.5, 0.6) is 0 Å². The van der Waals surface area contributed by atoms with Crippen LogP contribution < -0.4 is 33.3 Å². The number of hydrogen-bond donors (Lipinski definition) is 6. The van der Waals surface area contributed by atoms with E-state index < -0.39 is 42.9 Å². The van der Waals surface area contributed by atoms with Crippen LogP contribution in [0.25, 0.3) is 0 Å². The maximum Gasteiger partial charge on any atom is 0.492 e. The zero-order chi connectivity index (χ0) is 24.8. The molecule has 2 rings (SSSR count). The number of hydrogen-bond acceptors (Lipinski definition) is 8. The van der Waals surface area contributed by atoms with Crippen molar-refractivity contribution in [3.8, 4) is 0 Å². The second-order valence-corrected chi connectivity index (χ2v) is 8.27. The number of benzene rings is 1. The van der Waals surface area contributed by atoms with Crippen molar-refractivity contribution in [2.75, 3.05) is 38.0 Å². The van der Waals surface area contributed by atoms with Gasteiger partial charge in [-0.15, -0.1) is 0 Å². The van der Waals surface area contributed by atoms with Crippen LogP contribution in [0.4, 0.5) is 10.1 Å². The van der Waals surface area contributed by atoms with Crippen molar-refractivity contribution in [3.05, 3.63) is 23.5 Å². The number of rotatable bonds is 11. The molecule has 1 aliphatic heterocycles. The number of nitrogens with one attached hydrogen (secondary N) is 2. The fourth-order valence-electron chi connectivity index (χ4n) is 3.68. The van der Waals surface area contributed by atoms with E-state index in [2.05, 4.69) is 10.6 Å². The Hall–Kier alpha value is -2.58. The lowest BCUT2D eigenvalue weighted by molar-refractivity contribution is -0.131. The van der Waals surface area contributed by atoms with Gasteiger partial charge in [0.25, 0.3) is 0 Å². The van der Waals surface area contributed by atoms with E-state index in [1.807, 2.05) is 0 Å². The molecule has 0 radical (unpaired) electrons. The van der Waals surface area contributed by atoms with Gasteiger partial charge < -0.3 is 42.4 Å². The van der Waals surface area contributed by atoms with Gasteiger partial charge in [0, 0.05) is 43.9 Å². The number of anilines is 1. The largest absolute Gasteiger partial charge is 0.492 e. The molecule has 1 aromatic carbocycles. The average Bonchev–Trinajstić information content (AvgIpc) is 2.98.